The van der Waals surface area contributed by atoms with E-state index in [0.717, 1.165) is 22.7 Å². The fourth-order valence-corrected chi connectivity index (χ4v) is 2.67. The first-order valence-electron chi connectivity index (χ1n) is 8.15. The highest BCUT2D eigenvalue weighted by molar-refractivity contribution is 6.31. The van der Waals surface area contributed by atoms with Gasteiger partial charge in [0.05, 0.1) is 16.6 Å². The smallest absolute Gasteiger partial charge is 0.256 e. The van der Waals surface area contributed by atoms with Gasteiger partial charge in [-0.3, -0.25) is 4.79 Å². The topological polar surface area (TPSA) is 74.8 Å². The molecule has 0 aliphatic carbocycles. The number of imidazole rings is 1. The van der Waals surface area contributed by atoms with Crippen LogP contribution in [0.1, 0.15) is 41.8 Å². The summed E-state index contributed by atoms with van der Waals surface area (Å²) in [6.45, 7) is 4.57. The van der Waals surface area contributed by atoms with Crippen molar-refractivity contribution >= 4 is 28.5 Å². The molecule has 0 atom stereocenters. The number of amides is 1. The van der Waals surface area contributed by atoms with Crippen LogP contribution in [-0.4, -0.2) is 44.3 Å². The van der Waals surface area contributed by atoms with Crippen molar-refractivity contribution in [3.8, 4) is 0 Å². The molecule has 0 saturated carbocycles. The standard InChI is InChI=1S/C18H20ClN5O/c1-11(2)17-20-9-12(10-21-17)18(25)24(3)7-6-16-22-14-5-4-13(19)8-15(14)23-16/h4-5,8-11H,6-7H2,1-3H3,(H,22,23). The largest absolute Gasteiger partial charge is 0.342 e. The van der Waals surface area contributed by atoms with E-state index >= 15 is 0 Å². The van der Waals surface area contributed by atoms with Crippen LogP contribution < -0.4 is 0 Å². The predicted molar refractivity (Wildman–Crippen MR) is 97.9 cm³/mol. The minimum atomic E-state index is -0.102. The summed E-state index contributed by atoms with van der Waals surface area (Å²) in [6.07, 6.45) is 3.80. The van der Waals surface area contributed by atoms with Crippen molar-refractivity contribution in [3.63, 3.8) is 0 Å². The van der Waals surface area contributed by atoms with Crippen LogP contribution in [0.15, 0.2) is 30.6 Å². The maximum atomic E-state index is 12.5. The van der Waals surface area contributed by atoms with Crippen LogP contribution in [0.25, 0.3) is 11.0 Å². The Bertz CT molecular complexity index is 888. The zero-order valence-electron chi connectivity index (χ0n) is 14.5. The summed E-state index contributed by atoms with van der Waals surface area (Å²) in [4.78, 5) is 30.3. The van der Waals surface area contributed by atoms with E-state index in [0.29, 0.717) is 23.6 Å². The number of rotatable bonds is 5. The fourth-order valence-electron chi connectivity index (χ4n) is 2.50. The molecule has 0 aliphatic heterocycles. The van der Waals surface area contributed by atoms with Crippen LogP contribution >= 0.6 is 11.6 Å². The molecule has 2 heterocycles. The van der Waals surface area contributed by atoms with Gasteiger partial charge in [0.2, 0.25) is 0 Å². The van der Waals surface area contributed by atoms with Gasteiger partial charge in [0.25, 0.3) is 5.91 Å². The predicted octanol–water partition coefficient (Wildman–Crippen LogP) is 3.44. The number of H-pyrrole nitrogens is 1. The van der Waals surface area contributed by atoms with Crippen molar-refractivity contribution in [1.82, 2.24) is 24.8 Å². The lowest BCUT2D eigenvalue weighted by Crippen LogP contribution is -2.29. The Kier molecular flexibility index (Phi) is 4.99. The van der Waals surface area contributed by atoms with Crippen molar-refractivity contribution < 1.29 is 4.79 Å². The lowest BCUT2D eigenvalue weighted by Gasteiger charge is -2.16. The number of nitrogens with one attached hydrogen (secondary N) is 1. The van der Waals surface area contributed by atoms with Gasteiger partial charge < -0.3 is 9.88 Å². The molecule has 6 nitrogen and oxygen atoms in total. The van der Waals surface area contributed by atoms with Gasteiger partial charge in [-0.2, -0.15) is 0 Å². The lowest BCUT2D eigenvalue weighted by molar-refractivity contribution is 0.0795. The molecule has 7 heteroatoms. The van der Waals surface area contributed by atoms with Crippen molar-refractivity contribution in [2.24, 2.45) is 0 Å². The molecular weight excluding hydrogens is 338 g/mol. The first kappa shape index (κ1) is 17.4. The Balaban J connectivity index is 1.64. The molecule has 2 aromatic heterocycles. The maximum Gasteiger partial charge on any atom is 0.256 e. The van der Waals surface area contributed by atoms with E-state index in [-0.39, 0.29) is 11.8 Å². The second-order valence-electron chi connectivity index (χ2n) is 6.31. The number of fused-ring (bicyclic) bond motifs is 1. The summed E-state index contributed by atoms with van der Waals surface area (Å²) in [5, 5.41) is 0.667. The monoisotopic (exact) mass is 357 g/mol. The Labute approximate surface area is 151 Å². The highest BCUT2D eigenvalue weighted by Gasteiger charge is 2.14. The third-order valence-corrected chi connectivity index (χ3v) is 4.19. The SMILES string of the molecule is CC(C)c1ncc(C(=O)N(C)CCc2nc3ccc(Cl)cc3[nH]2)cn1. The van der Waals surface area contributed by atoms with E-state index in [9.17, 15) is 4.79 Å². The average Bonchev–Trinajstić information content (AvgIpc) is 3.01. The second kappa shape index (κ2) is 7.19. The van der Waals surface area contributed by atoms with E-state index in [1.54, 1.807) is 24.3 Å². The molecule has 1 N–H and O–H groups in total. The van der Waals surface area contributed by atoms with Gasteiger partial charge in [-0.25, -0.2) is 15.0 Å². The normalized spacial score (nSPS) is 11.2. The van der Waals surface area contributed by atoms with Crippen molar-refractivity contribution in [1.29, 1.82) is 0 Å². The third-order valence-electron chi connectivity index (χ3n) is 3.96. The molecule has 3 aromatic rings. The molecule has 0 radical (unpaired) electrons. The zero-order valence-corrected chi connectivity index (χ0v) is 15.2. The summed E-state index contributed by atoms with van der Waals surface area (Å²) in [6, 6.07) is 5.53. The van der Waals surface area contributed by atoms with E-state index < -0.39 is 0 Å². The van der Waals surface area contributed by atoms with Gasteiger partial charge in [-0.15, -0.1) is 0 Å². The van der Waals surface area contributed by atoms with Gasteiger partial charge in [-0.1, -0.05) is 25.4 Å². The molecule has 0 fully saturated rings. The van der Waals surface area contributed by atoms with Gasteiger partial charge in [0.15, 0.2) is 0 Å². The number of likely N-dealkylation sites (N-methyl/N-ethyl adjacent to an activating group) is 1. The summed E-state index contributed by atoms with van der Waals surface area (Å²) < 4.78 is 0. The number of carbonyl (C=O) groups excluding carboxylic acids is 1. The van der Waals surface area contributed by atoms with E-state index in [1.165, 1.54) is 0 Å². The summed E-state index contributed by atoms with van der Waals surface area (Å²) in [5.41, 5.74) is 2.25. The Morgan fingerprint density at radius 3 is 2.68 bits per heavy atom. The number of nitrogens with zero attached hydrogens (tertiary/aromatic N) is 4. The number of hydrogen-bond donors (Lipinski definition) is 1. The third kappa shape index (κ3) is 3.96. The van der Waals surface area contributed by atoms with Crippen molar-refractivity contribution in [2.75, 3.05) is 13.6 Å². The second-order valence-corrected chi connectivity index (χ2v) is 6.74. The van der Waals surface area contributed by atoms with Gasteiger partial charge >= 0.3 is 0 Å². The highest BCUT2D eigenvalue weighted by Crippen LogP contribution is 2.17. The fraction of sp³-hybridized carbons (Fsp3) is 0.333. The first-order chi connectivity index (χ1) is 11.9. The number of benzene rings is 1. The molecule has 0 unspecified atom stereocenters. The van der Waals surface area contributed by atoms with E-state index in [1.807, 2.05) is 32.0 Å². The molecular formula is C18H20ClN5O. The molecule has 130 valence electrons. The lowest BCUT2D eigenvalue weighted by atomic mass is 10.2. The zero-order chi connectivity index (χ0) is 18.0. The first-order valence-corrected chi connectivity index (χ1v) is 8.53. The molecule has 0 saturated heterocycles. The molecule has 0 spiro atoms. The average molecular weight is 358 g/mol. The van der Waals surface area contributed by atoms with Crippen LogP contribution in [0.5, 0.6) is 0 Å². The number of hydrogen-bond acceptors (Lipinski definition) is 4. The molecule has 0 aliphatic rings. The highest BCUT2D eigenvalue weighted by atomic mass is 35.5. The van der Waals surface area contributed by atoms with Crippen LogP contribution in [0, 0.1) is 0 Å². The summed E-state index contributed by atoms with van der Waals surface area (Å²) >= 11 is 5.98. The van der Waals surface area contributed by atoms with Crippen LogP contribution in [-0.2, 0) is 6.42 Å². The Morgan fingerprint density at radius 2 is 2.00 bits per heavy atom. The maximum absolute atomic E-state index is 12.5. The van der Waals surface area contributed by atoms with Gasteiger partial charge in [0, 0.05) is 43.3 Å². The number of aromatic amines is 1. The molecule has 1 aromatic carbocycles. The number of carbonyl (C=O) groups is 1. The van der Waals surface area contributed by atoms with Gasteiger partial charge in [0.1, 0.15) is 11.6 Å². The minimum absolute atomic E-state index is 0.102. The number of aromatic nitrogens is 4. The Morgan fingerprint density at radius 1 is 1.28 bits per heavy atom. The van der Waals surface area contributed by atoms with Crippen molar-refractivity contribution in [3.05, 3.63) is 52.8 Å². The van der Waals surface area contributed by atoms with Crippen LogP contribution in [0.4, 0.5) is 0 Å². The Hall–Kier alpha value is -2.47. The van der Waals surface area contributed by atoms with Crippen LogP contribution in [0.3, 0.4) is 0 Å². The molecule has 0 bridgehead atoms. The molecule has 1 amide bonds. The number of halogens is 1. The molecule has 3 rings (SSSR count). The van der Waals surface area contributed by atoms with Crippen LogP contribution in [0.2, 0.25) is 5.02 Å². The van der Waals surface area contributed by atoms with Gasteiger partial charge in [-0.05, 0) is 18.2 Å². The van der Waals surface area contributed by atoms with E-state index in [4.69, 9.17) is 11.6 Å². The summed E-state index contributed by atoms with van der Waals surface area (Å²) in [5.74, 6) is 1.70. The summed E-state index contributed by atoms with van der Waals surface area (Å²) in [7, 11) is 1.76. The minimum Gasteiger partial charge on any atom is -0.342 e. The van der Waals surface area contributed by atoms with E-state index in [2.05, 4.69) is 19.9 Å². The molecule has 25 heavy (non-hydrogen) atoms. The van der Waals surface area contributed by atoms with Crippen molar-refractivity contribution in [2.45, 2.75) is 26.2 Å². The quantitative estimate of drug-likeness (QED) is 0.759.